The first-order chi connectivity index (χ1) is 15.5. The number of rotatable bonds is 7. The van der Waals surface area contributed by atoms with Crippen LogP contribution in [0.1, 0.15) is 76.2 Å². The van der Waals surface area contributed by atoms with Gasteiger partial charge >= 0.3 is 0 Å². The van der Waals surface area contributed by atoms with Crippen LogP contribution in [0.5, 0.6) is 0 Å². The monoisotopic (exact) mass is 473 g/mol. The molecule has 0 aromatic heterocycles. The summed E-state index contributed by atoms with van der Waals surface area (Å²) in [6.07, 6.45) is 12.5. The van der Waals surface area contributed by atoms with Crippen molar-refractivity contribution in [3.05, 3.63) is 58.6 Å². The molecule has 0 unspecified atom stereocenters. The Kier molecular flexibility index (Phi) is 8.45. The highest BCUT2D eigenvalue weighted by Crippen LogP contribution is 2.44. The van der Waals surface area contributed by atoms with Crippen molar-refractivity contribution in [3.8, 4) is 11.1 Å². The van der Waals surface area contributed by atoms with Gasteiger partial charge in [0.15, 0.2) is 0 Å². The van der Waals surface area contributed by atoms with Gasteiger partial charge in [-0.3, -0.25) is 0 Å². The van der Waals surface area contributed by atoms with E-state index >= 15 is 0 Å². The van der Waals surface area contributed by atoms with Gasteiger partial charge in [-0.15, -0.1) is 0 Å². The molecule has 2 aromatic carbocycles. The molecule has 1 saturated heterocycles. The van der Waals surface area contributed by atoms with Crippen molar-refractivity contribution in [2.24, 2.45) is 11.8 Å². The summed E-state index contributed by atoms with van der Waals surface area (Å²) >= 11 is 5.62. The molecule has 0 nitrogen and oxygen atoms in total. The number of unbranched alkanes of at least 4 members (excludes halogenated alkanes) is 2. The van der Waals surface area contributed by atoms with Crippen molar-refractivity contribution in [2.45, 2.75) is 88.8 Å². The third-order valence-corrected chi connectivity index (χ3v) is 11.4. The van der Waals surface area contributed by atoms with Crippen LogP contribution in [-0.4, -0.2) is 8.80 Å². The molecule has 0 amide bonds. The van der Waals surface area contributed by atoms with Gasteiger partial charge in [-0.05, 0) is 72.3 Å². The van der Waals surface area contributed by atoms with Gasteiger partial charge in [0.1, 0.15) is 16.7 Å². The molecule has 2 fully saturated rings. The fourth-order valence-corrected chi connectivity index (χ4v) is 9.16. The molecule has 1 heterocycles. The smallest absolute Gasteiger partial charge is 0.145 e. The fourth-order valence-electron chi connectivity index (χ4n) is 5.99. The van der Waals surface area contributed by atoms with E-state index in [0.29, 0.717) is 11.5 Å². The lowest BCUT2D eigenvalue weighted by atomic mass is 9.72. The minimum Gasteiger partial charge on any atom is -0.205 e. The SMILES string of the molecule is CCCCC[Si]1CCC(C2CCC(c3ccc(-c4cc(F)c(Cl)c(F)c4)cc3)CC2)CC1. The van der Waals surface area contributed by atoms with Crippen molar-refractivity contribution < 1.29 is 8.78 Å². The maximum atomic E-state index is 13.8. The lowest BCUT2D eigenvalue weighted by Gasteiger charge is -2.37. The molecule has 0 N–H and O–H groups in total. The zero-order valence-electron chi connectivity index (χ0n) is 19.3. The van der Waals surface area contributed by atoms with Crippen molar-refractivity contribution in [1.29, 1.82) is 0 Å². The number of hydrogen-bond donors (Lipinski definition) is 0. The highest BCUT2D eigenvalue weighted by molar-refractivity contribution is 6.58. The summed E-state index contributed by atoms with van der Waals surface area (Å²) in [4.78, 5) is 0. The van der Waals surface area contributed by atoms with Gasteiger partial charge < -0.3 is 0 Å². The zero-order valence-corrected chi connectivity index (χ0v) is 21.1. The average molecular weight is 474 g/mol. The van der Waals surface area contributed by atoms with Crippen LogP contribution in [0.3, 0.4) is 0 Å². The molecule has 0 atom stereocenters. The predicted molar refractivity (Wildman–Crippen MR) is 134 cm³/mol. The van der Waals surface area contributed by atoms with Gasteiger partial charge in [-0.2, -0.15) is 0 Å². The molecule has 32 heavy (non-hydrogen) atoms. The molecule has 0 bridgehead atoms. The van der Waals surface area contributed by atoms with E-state index in [4.69, 9.17) is 11.6 Å². The first-order valence-electron chi connectivity index (χ1n) is 12.6. The normalized spacial score (nSPS) is 22.9. The molecule has 1 aliphatic carbocycles. The zero-order chi connectivity index (χ0) is 22.5. The topological polar surface area (TPSA) is 0 Å². The summed E-state index contributed by atoms with van der Waals surface area (Å²) in [6, 6.07) is 15.6. The van der Waals surface area contributed by atoms with Crippen LogP contribution in [0.4, 0.5) is 8.78 Å². The molecular weight excluding hydrogens is 438 g/mol. The Balaban J connectivity index is 1.28. The van der Waals surface area contributed by atoms with E-state index in [1.165, 1.54) is 75.5 Å². The molecule has 4 heteroatoms. The maximum absolute atomic E-state index is 13.8. The predicted octanol–water partition coefficient (Wildman–Crippen LogP) is 9.65. The minimum absolute atomic E-state index is 0.0327. The Morgan fingerprint density at radius 3 is 2.00 bits per heavy atom. The standard InChI is InChI=1S/C28H36ClF2Si/c1-2-3-4-15-32-16-13-24(14-17-32)22-7-5-20(6-8-22)21-9-11-23(12-10-21)25-18-26(30)28(29)27(31)19-25/h9-12,18-20,22,24H,2-8,13-17H2,1H3. The molecular formula is C28H36ClF2Si. The van der Waals surface area contributed by atoms with Crippen molar-refractivity contribution >= 4 is 20.4 Å². The van der Waals surface area contributed by atoms with Crippen molar-refractivity contribution in [2.75, 3.05) is 0 Å². The molecule has 1 radical (unpaired) electrons. The van der Waals surface area contributed by atoms with E-state index in [0.717, 1.165) is 17.4 Å². The van der Waals surface area contributed by atoms with Crippen LogP contribution < -0.4 is 0 Å². The second-order valence-electron chi connectivity index (χ2n) is 10.0. The summed E-state index contributed by atoms with van der Waals surface area (Å²) in [5, 5.41) is -0.436. The maximum Gasteiger partial charge on any atom is 0.145 e. The lowest BCUT2D eigenvalue weighted by Crippen LogP contribution is -2.28. The van der Waals surface area contributed by atoms with Crippen LogP contribution in [0.2, 0.25) is 23.2 Å². The highest BCUT2D eigenvalue weighted by Gasteiger charge is 2.31. The number of benzene rings is 2. The van der Waals surface area contributed by atoms with Crippen LogP contribution >= 0.6 is 11.6 Å². The Morgan fingerprint density at radius 1 is 0.812 bits per heavy atom. The molecule has 1 aliphatic heterocycles. The minimum atomic E-state index is -0.707. The molecule has 2 aliphatic rings. The van der Waals surface area contributed by atoms with E-state index in [9.17, 15) is 8.78 Å². The highest BCUT2D eigenvalue weighted by atomic mass is 35.5. The van der Waals surface area contributed by atoms with Gasteiger partial charge in [0.2, 0.25) is 0 Å². The van der Waals surface area contributed by atoms with Gasteiger partial charge in [-0.1, -0.05) is 93.0 Å². The van der Waals surface area contributed by atoms with E-state index in [2.05, 4.69) is 19.1 Å². The summed E-state index contributed by atoms with van der Waals surface area (Å²) in [6.45, 7) is 2.31. The Hall–Kier alpha value is -1.19. The van der Waals surface area contributed by atoms with E-state index in [1.807, 2.05) is 12.1 Å². The third-order valence-electron chi connectivity index (χ3n) is 8.01. The van der Waals surface area contributed by atoms with Crippen LogP contribution in [-0.2, 0) is 0 Å². The van der Waals surface area contributed by atoms with Gasteiger partial charge in [0.05, 0.1) is 0 Å². The van der Waals surface area contributed by atoms with Crippen molar-refractivity contribution in [1.82, 2.24) is 0 Å². The van der Waals surface area contributed by atoms with Crippen LogP contribution in [0.25, 0.3) is 11.1 Å². The number of hydrogen-bond acceptors (Lipinski definition) is 0. The quantitative estimate of drug-likeness (QED) is 0.213. The Labute approximate surface area is 199 Å². The largest absolute Gasteiger partial charge is 0.205 e. The molecule has 4 rings (SSSR count). The van der Waals surface area contributed by atoms with Crippen molar-refractivity contribution in [3.63, 3.8) is 0 Å². The Bertz CT molecular complexity index is 842. The first-order valence-corrected chi connectivity index (χ1v) is 15.1. The summed E-state index contributed by atoms with van der Waals surface area (Å²) < 4.78 is 27.6. The fraction of sp³-hybridized carbons (Fsp3) is 0.571. The second-order valence-corrected chi connectivity index (χ2v) is 13.4. The molecule has 2 aromatic rings. The molecule has 173 valence electrons. The van der Waals surface area contributed by atoms with Gasteiger partial charge in [0.25, 0.3) is 0 Å². The Morgan fingerprint density at radius 2 is 1.41 bits per heavy atom. The van der Waals surface area contributed by atoms with E-state index in [1.54, 1.807) is 18.1 Å². The van der Waals surface area contributed by atoms with Gasteiger partial charge in [0, 0.05) is 8.80 Å². The van der Waals surface area contributed by atoms with E-state index < -0.39 is 16.7 Å². The van der Waals surface area contributed by atoms with Crippen LogP contribution in [0.15, 0.2) is 36.4 Å². The molecule has 0 spiro atoms. The van der Waals surface area contributed by atoms with Gasteiger partial charge in [-0.25, -0.2) is 8.78 Å². The average Bonchev–Trinajstić information content (AvgIpc) is 2.83. The first kappa shape index (κ1) is 23.9. The summed E-state index contributed by atoms with van der Waals surface area (Å²) in [7, 11) is -0.0327. The van der Waals surface area contributed by atoms with E-state index in [-0.39, 0.29) is 8.80 Å². The molecule has 1 saturated carbocycles. The third kappa shape index (κ3) is 5.83. The van der Waals surface area contributed by atoms with Crippen LogP contribution in [0, 0.1) is 23.5 Å². The summed E-state index contributed by atoms with van der Waals surface area (Å²) in [5.41, 5.74) is 2.73. The lowest BCUT2D eigenvalue weighted by molar-refractivity contribution is 0.216. The second kappa shape index (κ2) is 11.3. The summed E-state index contributed by atoms with van der Waals surface area (Å²) in [5.74, 6) is 1.12. The number of halogens is 3.